The minimum atomic E-state index is 0.670. The highest BCUT2D eigenvalue weighted by Gasteiger charge is 2.20. The summed E-state index contributed by atoms with van der Waals surface area (Å²) in [5.41, 5.74) is 0. The second-order valence-corrected chi connectivity index (χ2v) is 5.44. The normalized spacial score (nSPS) is 18.1. The number of hydrogen-bond acceptors (Lipinski definition) is 4. The predicted molar refractivity (Wildman–Crippen MR) is 86.2 cm³/mol. The van der Waals surface area contributed by atoms with Crippen molar-refractivity contribution < 1.29 is 9.47 Å². The molecule has 1 heterocycles. The maximum atomic E-state index is 5.84. The summed E-state index contributed by atoms with van der Waals surface area (Å²) in [7, 11) is 0. The zero-order valence-corrected chi connectivity index (χ0v) is 13.3. The van der Waals surface area contributed by atoms with E-state index in [9.17, 15) is 0 Å². The van der Waals surface area contributed by atoms with E-state index < -0.39 is 0 Å². The molecule has 0 amide bonds. The molecule has 0 spiro atoms. The molecule has 0 aliphatic carbocycles. The third kappa shape index (κ3) is 5.21. The Morgan fingerprint density at radius 3 is 2.29 bits per heavy atom. The molecule has 0 bridgehead atoms. The smallest absolute Gasteiger partial charge is 0.119 e. The van der Waals surface area contributed by atoms with Crippen LogP contribution in [0.2, 0.25) is 0 Å². The number of nitrogens with one attached hydrogen (secondary N) is 1. The fourth-order valence-corrected chi connectivity index (χ4v) is 2.68. The Morgan fingerprint density at radius 1 is 1.10 bits per heavy atom. The summed E-state index contributed by atoms with van der Waals surface area (Å²) in [6.45, 7) is 10.1. The number of ether oxygens (including phenoxy) is 2. The number of benzene rings is 1. The zero-order chi connectivity index (χ0) is 14.9. The van der Waals surface area contributed by atoms with Gasteiger partial charge in [0.05, 0.1) is 6.61 Å². The summed E-state index contributed by atoms with van der Waals surface area (Å²) in [6.07, 6.45) is 2.28. The molecule has 1 saturated heterocycles. The molecule has 0 aromatic heterocycles. The van der Waals surface area contributed by atoms with Crippen LogP contribution in [0.4, 0.5) is 0 Å². The highest BCUT2D eigenvalue weighted by molar-refractivity contribution is 5.31. The van der Waals surface area contributed by atoms with Gasteiger partial charge in [-0.05, 0) is 50.2 Å². The lowest BCUT2D eigenvalue weighted by atomic mass is 10.2. The third-order valence-corrected chi connectivity index (χ3v) is 3.90. The molecule has 1 unspecified atom stereocenters. The monoisotopic (exact) mass is 292 g/mol. The van der Waals surface area contributed by atoms with Crippen LogP contribution in [0, 0.1) is 0 Å². The van der Waals surface area contributed by atoms with Crippen molar-refractivity contribution in [1.29, 1.82) is 0 Å². The lowest BCUT2D eigenvalue weighted by Crippen LogP contribution is -2.39. The summed E-state index contributed by atoms with van der Waals surface area (Å²) >= 11 is 0. The summed E-state index contributed by atoms with van der Waals surface area (Å²) in [5.74, 6) is 1.83. The van der Waals surface area contributed by atoms with Crippen LogP contribution in [0.15, 0.2) is 24.3 Å². The van der Waals surface area contributed by atoms with E-state index in [1.165, 1.54) is 6.42 Å². The van der Waals surface area contributed by atoms with Crippen molar-refractivity contribution in [3.05, 3.63) is 24.3 Å². The molecule has 4 nitrogen and oxygen atoms in total. The average molecular weight is 292 g/mol. The Hall–Kier alpha value is -1.26. The average Bonchev–Trinajstić information content (AvgIpc) is 3.05. The molecule has 1 aromatic rings. The first-order chi connectivity index (χ1) is 10.3. The molecule has 4 heteroatoms. The van der Waals surface area contributed by atoms with Gasteiger partial charge in [-0.2, -0.15) is 0 Å². The molecular formula is C17H28N2O2. The second kappa shape index (κ2) is 8.90. The highest BCUT2D eigenvalue weighted by Crippen LogP contribution is 2.18. The van der Waals surface area contributed by atoms with Gasteiger partial charge in [0.2, 0.25) is 0 Å². The van der Waals surface area contributed by atoms with Gasteiger partial charge in [0.25, 0.3) is 0 Å². The van der Waals surface area contributed by atoms with E-state index in [0.717, 1.165) is 57.3 Å². The molecule has 118 valence electrons. The number of hydrogen-bond donors (Lipinski definition) is 1. The lowest BCUT2D eigenvalue weighted by molar-refractivity contribution is 0.174. The van der Waals surface area contributed by atoms with Crippen molar-refractivity contribution in [3.63, 3.8) is 0 Å². The van der Waals surface area contributed by atoms with Crippen LogP contribution < -0.4 is 14.8 Å². The first kappa shape index (κ1) is 16.1. The van der Waals surface area contributed by atoms with Crippen LogP contribution in [0.1, 0.15) is 26.7 Å². The minimum absolute atomic E-state index is 0.670. The van der Waals surface area contributed by atoms with E-state index in [1.54, 1.807) is 0 Å². The molecule has 1 aliphatic rings. The van der Waals surface area contributed by atoms with Gasteiger partial charge in [-0.15, -0.1) is 0 Å². The van der Waals surface area contributed by atoms with Crippen molar-refractivity contribution in [2.24, 2.45) is 0 Å². The Kier molecular flexibility index (Phi) is 6.83. The second-order valence-electron chi connectivity index (χ2n) is 5.44. The zero-order valence-electron chi connectivity index (χ0n) is 13.3. The molecule has 1 N–H and O–H groups in total. The Bertz CT molecular complexity index is 388. The maximum absolute atomic E-state index is 5.84. The molecule has 0 saturated carbocycles. The molecule has 1 atom stereocenters. The van der Waals surface area contributed by atoms with Gasteiger partial charge in [-0.25, -0.2) is 0 Å². The van der Waals surface area contributed by atoms with Gasteiger partial charge < -0.3 is 14.8 Å². The van der Waals surface area contributed by atoms with Gasteiger partial charge in [0.15, 0.2) is 0 Å². The largest absolute Gasteiger partial charge is 0.494 e. The topological polar surface area (TPSA) is 33.7 Å². The van der Waals surface area contributed by atoms with E-state index in [-0.39, 0.29) is 0 Å². The van der Waals surface area contributed by atoms with Gasteiger partial charge in [-0.1, -0.05) is 13.8 Å². The van der Waals surface area contributed by atoms with Gasteiger partial charge >= 0.3 is 0 Å². The summed E-state index contributed by atoms with van der Waals surface area (Å²) in [5, 5.41) is 3.42. The van der Waals surface area contributed by atoms with Crippen LogP contribution in [0.25, 0.3) is 0 Å². The number of likely N-dealkylation sites (N-methyl/N-ethyl adjacent to an activating group) is 1. The van der Waals surface area contributed by atoms with Crippen LogP contribution in [-0.2, 0) is 0 Å². The Morgan fingerprint density at radius 2 is 1.76 bits per heavy atom. The molecular weight excluding hydrogens is 264 g/mol. The summed E-state index contributed by atoms with van der Waals surface area (Å²) in [6, 6.07) is 8.59. The Labute approximate surface area is 128 Å². The van der Waals surface area contributed by atoms with E-state index in [2.05, 4.69) is 24.1 Å². The Balaban J connectivity index is 1.71. The van der Waals surface area contributed by atoms with E-state index in [4.69, 9.17) is 9.47 Å². The quantitative estimate of drug-likeness (QED) is 0.758. The fraction of sp³-hybridized carbons (Fsp3) is 0.647. The van der Waals surface area contributed by atoms with E-state index in [0.29, 0.717) is 6.04 Å². The van der Waals surface area contributed by atoms with Gasteiger partial charge in [-0.3, -0.25) is 4.90 Å². The van der Waals surface area contributed by atoms with Crippen LogP contribution in [0.3, 0.4) is 0 Å². The molecule has 0 radical (unpaired) electrons. The molecule has 1 fully saturated rings. The van der Waals surface area contributed by atoms with Crippen molar-refractivity contribution in [2.75, 3.05) is 39.4 Å². The predicted octanol–water partition coefficient (Wildman–Crippen LogP) is 2.54. The van der Waals surface area contributed by atoms with Crippen LogP contribution >= 0.6 is 0 Å². The van der Waals surface area contributed by atoms with E-state index >= 15 is 0 Å². The summed E-state index contributed by atoms with van der Waals surface area (Å²) < 4.78 is 11.4. The maximum Gasteiger partial charge on any atom is 0.119 e. The molecule has 2 rings (SSSR count). The molecule has 21 heavy (non-hydrogen) atoms. The standard InChI is InChI=1S/C17H28N2O2/c1-3-12-20-16-5-7-17(8-6-16)21-13-11-19(4-2)15-9-10-18-14-15/h5-8,15,18H,3-4,9-14H2,1-2H3. The first-order valence-electron chi connectivity index (χ1n) is 8.14. The number of nitrogens with zero attached hydrogens (tertiary/aromatic N) is 1. The highest BCUT2D eigenvalue weighted by atomic mass is 16.5. The van der Waals surface area contributed by atoms with Crippen molar-refractivity contribution in [3.8, 4) is 11.5 Å². The molecule has 1 aliphatic heterocycles. The third-order valence-electron chi connectivity index (χ3n) is 3.90. The number of rotatable bonds is 9. The SMILES string of the molecule is CCCOc1ccc(OCCN(CC)C2CCNC2)cc1. The minimum Gasteiger partial charge on any atom is -0.494 e. The first-order valence-corrected chi connectivity index (χ1v) is 8.14. The van der Waals surface area contributed by atoms with Crippen LogP contribution in [-0.4, -0.2) is 50.3 Å². The fourth-order valence-electron chi connectivity index (χ4n) is 2.68. The summed E-state index contributed by atoms with van der Waals surface area (Å²) in [4.78, 5) is 2.50. The molecule has 1 aromatic carbocycles. The van der Waals surface area contributed by atoms with Crippen LogP contribution in [0.5, 0.6) is 11.5 Å². The van der Waals surface area contributed by atoms with Crippen molar-refractivity contribution in [2.45, 2.75) is 32.7 Å². The van der Waals surface area contributed by atoms with Crippen molar-refractivity contribution in [1.82, 2.24) is 10.2 Å². The van der Waals surface area contributed by atoms with Gasteiger partial charge in [0, 0.05) is 19.1 Å². The lowest BCUT2D eigenvalue weighted by Gasteiger charge is -2.26. The van der Waals surface area contributed by atoms with Gasteiger partial charge in [0.1, 0.15) is 18.1 Å². The van der Waals surface area contributed by atoms with E-state index in [1.807, 2.05) is 24.3 Å². The van der Waals surface area contributed by atoms with Crippen molar-refractivity contribution >= 4 is 0 Å².